The first-order valence-electron chi connectivity index (χ1n) is 7.75. The molecule has 114 valence electrons. The molecule has 2 aromatic rings. The molecule has 1 aliphatic carbocycles. The molecule has 1 heterocycles. The van der Waals surface area contributed by atoms with E-state index in [0.717, 1.165) is 25.7 Å². The van der Waals surface area contributed by atoms with Gasteiger partial charge in [0.2, 0.25) is 0 Å². The molecule has 4 nitrogen and oxygen atoms in total. The Labute approximate surface area is 126 Å². The van der Waals surface area contributed by atoms with E-state index in [4.69, 9.17) is 9.47 Å². The average molecular weight is 288 g/mol. The molecule has 1 aliphatic rings. The van der Waals surface area contributed by atoms with Crippen molar-refractivity contribution in [3.8, 4) is 0 Å². The monoisotopic (exact) mass is 288 g/mol. The first-order chi connectivity index (χ1) is 10.4. The van der Waals surface area contributed by atoms with Gasteiger partial charge in [-0.25, -0.2) is 0 Å². The Morgan fingerprint density at radius 2 is 2.10 bits per heavy atom. The van der Waals surface area contributed by atoms with Crippen LogP contribution in [0.4, 0.5) is 0 Å². The van der Waals surface area contributed by atoms with E-state index in [1.165, 1.54) is 29.3 Å². The van der Waals surface area contributed by atoms with Gasteiger partial charge in [-0.1, -0.05) is 12.1 Å². The molecule has 1 fully saturated rings. The van der Waals surface area contributed by atoms with Crippen LogP contribution in [0.2, 0.25) is 0 Å². The molecule has 0 unspecified atom stereocenters. The summed E-state index contributed by atoms with van der Waals surface area (Å²) < 4.78 is 12.8. The minimum atomic E-state index is 0.656. The molecule has 0 bridgehead atoms. The van der Waals surface area contributed by atoms with Crippen molar-refractivity contribution in [2.45, 2.75) is 32.0 Å². The van der Waals surface area contributed by atoms with Crippen molar-refractivity contribution in [2.24, 2.45) is 0 Å². The van der Waals surface area contributed by atoms with E-state index in [1.807, 2.05) is 0 Å². The van der Waals surface area contributed by atoms with Gasteiger partial charge < -0.3 is 19.4 Å². The molecule has 21 heavy (non-hydrogen) atoms. The Morgan fingerprint density at radius 3 is 2.90 bits per heavy atom. The zero-order valence-corrected chi connectivity index (χ0v) is 12.7. The molecule has 0 aliphatic heterocycles. The third kappa shape index (κ3) is 3.84. The van der Waals surface area contributed by atoms with Crippen LogP contribution in [-0.2, 0) is 22.6 Å². The Hall–Kier alpha value is -1.36. The van der Waals surface area contributed by atoms with Gasteiger partial charge in [0.15, 0.2) is 0 Å². The Kier molecular flexibility index (Phi) is 4.91. The molecule has 0 atom stereocenters. The van der Waals surface area contributed by atoms with E-state index in [-0.39, 0.29) is 0 Å². The summed E-state index contributed by atoms with van der Waals surface area (Å²) >= 11 is 0. The molecular weight excluding hydrogens is 264 g/mol. The Bertz CT molecular complexity index is 575. The topological polar surface area (TPSA) is 35.4 Å². The van der Waals surface area contributed by atoms with Gasteiger partial charge in [-0.3, -0.25) is 0 Å². The smallest absolute Gasteiger partial charge is 0.0701 e. The maximum absolute atomic E-state index is 5.56. The summed E-state index contributed by atoms with van der Waals surface area (Å²) in [6.07, 6.45) is 4.82. The van der Waals surface area contributed by atoms with Gasteiger partial charge in [0, 0.05) is 43.3 Å². The van der Waals surface area contributed by atoms with Gasteiger partial charge in [-0.05, 0) is 30.5 Å². The van der Waals surface area contributed by atoms with Crippen LogP contribution in [0.5, 0.6) is 0 Å². The van der Waals surface area contributed by atoms with Crippen LogP contribution in [0.15, 0.2) is 30.5 Å². The minimum absolute atomic E-state index is 0.656. The van der Waals surface area contributed by atoms with Gasteiger partial charge in [-0.2, -0.15) is 0 Å². The molecule has 3 rings (SSSR count). The van der Waals surface area contributed by atoms with Gasteiger partial charge in [0.05, 0.1) is 19.8 Å². The van der Waals surface area contributed by atoms with Crippen LogP contribution in [-0.4, -0.2) is 37.5 Å². The van der Waals surface area contributed by atoms with Gasteiger partial charge in [-0.15, -0.1) is 0 Å². The van der Waals surface area contributed by atoms with Crippen LogP contribution in [0, 0.1) is 0 Å². The Morgan fingerprint density at radius 1 is 1.19 bits per heavy atom. The van der Waals surface area contributed by atoms with Crippen LogP contribution in [0.25, 0.3) is 10.9 Å². The first-order valence-corrected chi connectivity index (χ1v) is 7.75. The lowest BCUT2D eigenvalue weighted by Crippen LogP contribution is -2.15. The molecule has 0 saturated heterocycles. The van der Waals surface area contributed by atoms with Crippen LogP contribution in [0.3, 0.4) is 0 Å². The van der Waals surface area contributed by atoms with Crippen molar-refractivity contribution in [1.29, 1.82) is 0 Å². The fourth-order valence-electron chi connectivity index (χ4n) is 2.59. The summed E-state index contributed by atoms with van der Waals surface area (Å²) in [4.78, 5) is 0. The van der Waals surface area contributed by atoms with Crippen LogP contribution >= 0.6 is 0 Å². The van der Waals surface area contributed by atoms with Crippen molar-refractivity contribution in [1.82, 2.24) is 9.88 Å². The summed E-state index contributed by atoms with van der Waals surface area (Å²) in [5.74, 6) is 0. The predicted octanol–water partition coefficient (Wildman–Crippen LogP) is 2.56. The lowest BCUT2D eigenvalue weighted by Gasteiger charge is -2.08. The third-order valence-electron chi connectivity index (χ3n) is 3.97. The SMILES string of the molecule is COCCOCCn1ccc2c(CNC3CC3)cccc21. The normalized spacial score (nSPS) is 14.9. The number of rotatable bonds is 9. The number of aromatic nitrogens is 1. The lowest BCUT2D eigenvalue weighted by atomic mass is 10.1. The van der Waals surface area contributed by atoms with Gasteiger partial charge >= 0.3 is 0 Å². The zero-order valence-electron chi connectivity index (χ0n) is 12.7. The second-order valence-corrected chi connectivity index (χ2v) is 5.62. The highest BCUT2D eigenvalue weighted by atomic mass is 16.5. The van der Waals surface area contributed by atoms with E-state index >= 15 is 0 Å². The standard InChI is InChI=1S/C17H24N2O2/c1-20-11-12-21-10-9-19-8-7-16-14(3-2-4-17(16)19)13-18-15-5-6-15/h2-4,7-8,15,18H,5-6,9-13H2,1H3. The maximum Gasteiger partial charge on any atom is 0.0701 e. The molecule has 0 radical (unpaired) electrons. The number of methoxy groups -OCH3 is 1. The second kappa shape index (κ2) is 7.07. The van der Waals surface area contributed by atoms with Crippen molar-refractivity contribution >= 4 is 10.9 Å². The van der Waals surface area contributed by atoms with Crippen molar-refractivity contribution in [3.05, 3.63) is 36.0 Å². The molecule has 0 spiro atoms. The fourth-order valence-corrected chi connectivity index (χ4v) is 2.59. The number of nitrogens with one attached hydrogen (secondary N) is 1. The van der Waals surface area contributed by atoms with E-state index in [9.17, 15) is 0 Å². The molecule has 1 aromatic carbocycles. The van der Waals surface area contributed by atoms with E-state index in [2.05, 4.69) is 40.3 Å². The average Bonchev–Trinajstić information content (AvgIpc) is 3.25. The molecule has 1 N–H and O–H groups in total. The van der Waals surface area contributed by atoms with Gasteiger partial charge in [0.1, 0.15) is 0 Å². The molecule has 1 saturated carbocycles. The lowest BCUT2D eigenvalue weighted by molar-refractivity contribution is 0.0670. The highest BCUT2D eigenvalue weighted by Crippen LogP contribution is 2.23. The Balaban J connectivity index is 1.62. The molecule has 0 amide bonds. The summed E-state index contributed by atoms with van der Waals surface area (Å²) in [6.45, 7) is 3.89. The highest BCUT2D eigenvalue weighted by molar-refractivity contribution is 5.83. The molecular formula is C17H24N2O2. The fraction of sp³-hybridized carbons (Fsp3) is 0.529. The maximum atomic E-state index is 5.56. The van der Waals surface area contributed by atoms with Crippen LogP contribution in [0.1, 0.15) is 18.4 Å². The summed E-state index contributed by atoms with van der Waals surface area (Å²) in [5, 5.41) is 4.94. The second-order valence-electron chi connectivity index (χ2n) is 5.62. The number of nitrogens with zero attached hydrogens (tertiary/aromatic N) is 1. The van der Waals surface area contributed by atoms with Crippen molar-refractivity contribution in [2.75, 3.05) is 26.9 Å². The number of hydrogen-bond donors (Lipinski definition) is 1. The van der Waals surface area contributed by atoms with Crippen LogP contribution < -0.4 is 5.32 Å². The number of hydrogen-bond acceptors (Lipinski definition) is 3. The van der Waals surface area contributed by atoms with E-state index in [1.54, 1.807) is 7.11 Å². The minimum Gasteiger partial charge on any atom is -0.382 e. The summed E-state index contributed by atoms with van der Waals surface area (Å²) in [5.41, 5.74) is 2.68. The predicted molar refractivity (Wildman–Crippen MR) is 84.5 cm³/mol. The number of ether oxygens (including phenoxy) is 2. The highest BCUT2D eigenvalue weighted by Gasteiger charge is 2.20. The van der Waals surface area contributed by atoms with Gasteiger partial charge in [0.25, 0.3) is 0 Å². The molecule has 4 heteroatoms. The third-order valence-corrected chi connectivity index (χ3v) is 3.97. The molecule has 1 aromatic heterocycles. The first kappa shape index (κ1) is 14.6. The largest absolute Gasteiger partial charge is 0.382 e. The van der Waals surface area contributed by atoms with Crippen molar-refractivity contribution < 1.29 is 9.47 Å². The summed E-state index contributed by atoms with van der Waals surface area (Å²) in [7, 11) is 1.69. The van der Waals surface area contributed by atoms with E-state index < -0.39 is 0 Å². The zero-order chi connectivity index (χ0) is 14.5. The quantitative estimate of drug-likeness (QED) is 0.720. The summed E-state index contributed by atoms with van der Waals surface area (Å²) in [6, 6.07) is 9.52. The number of fused-ring (bicyclic) bond motifs is 1. The number of benzene rings is 1. The van der Waals surface area contributed by atoms with Crippen molar-refractivity contribution in [3.63, 3.8) is 0 Å². The van der Waals surface area contributed by atoms with E-state index in [0.29, 0.717) is 13.2 Å².